The summed E-state index contributed by atoms with van der Waals surface area (Å²) in [5.74, 6) is -0.720. The zero-order chi connectivity index (χ0) is 21.1. The second kappa shape index (κ2) is 8.59. The maximum absolute atomic E-state index is 13.1. The Morgan fingerprint density at radius 1 is 1.10 bits per heavy atom. The summed E-state index contributed by atoms with van der Waals surface area (Å²) in [4.78, 5) is 35.0. The van der Waals surface area contributed by atoms with Crippen molar-refractivity contribution in [3.8, 4) is 0 Å². The van der Waals surface area contributed by atoms with Gasteiger partial charge in [-0.05, 0) is 37.6 Å². The van der Waals surface area contributed by atoms with E-state index in [1.54, 1.807) is 19.2 Å². The number of rotatable bonds is 5. The first kappa shape index (κ1) is 20.0. The van der Waals surface area contributed by atoms with Gasteiger partial charge in [-0.25, -0.2) is 4.79 Å². The highest BCUT2D eigenvalue weighted by Crippen LogP contribution is 2.24. The highest BCUT2D eigenvalue weighted by Gasteiger charge is 2.24. The first-order chi connectivity index (χ1) is 14.6. The Hall–Kier alpha value is -3.32. The van der Waals surface area contributed by atoms with E-state index in [-0.39, 0.29) is 5.97 Å². The largest absolute Gasteiger partial charge is 0.464 e. The van der Waals surface area contributed by atoms with Crippen molar-refractivity contribution in [2.24, 2.45) is 4.99 Å². The van der Waals surface area contributed by atoms with Crippen molar-refractivity contribution in [3.05, 3.63) is 71.2 Å². The van der Waals surface area contributed by atoms with E-state index in [1.807, 2.05) is 60.0 Å². The molecule has 0 radical (unpaired) electrons. The van der Waals surface area contributed by atoms with Crippen LogP contribution in [-0.4, -0.2) is 28.0 Å². The average molecular weight is 420 g/mol. The summed E-state index contributed by atoms with van der Waals surface area (Å²) in [6, 6.07) is 16.4. The predicted molar refractivity (Wildman–Crippen MR) is 117 cm³/mol. The molecule has 0 aliphatic heterocycles. The minimum atomic E-state index is -0.557. The smallest absolute Gasteiger partial charge is 0.329 e. The van der Waals surface area contributed by atoms with Crippen molar-refractivity contribution in [2.75, 3.05) is 6.61 Å². The van der Waals surface area contributed by atoms with Crippen molar-refractivity contribution in [3.63, 3.8) is 0 Å². The highest BCUT2D eigenvalue weighted by molar-refractivity contribution is 7.16. The zero-order valence-electron chi connectivity index (χ0n) is 16.7. The molecule has 0 N–H and O–H groups in total. The molecule has 0 bridgehead atoms. The Balaban J connectivity index is 1.90. The van der Waals surface area contributed by atoms with Gasteiger partial charge in [0, 0.05) is 11.6 Å². The Morgan fingerprint density at radius 2 is 1.90 bits per heavy atom. The number of ether oxygens (including phenoxy) is 1. The van der Waals surface area contributed by atoms with E-state index in [9.17, 15) is 9.59 Å². The number of amides is 1. The predicted octanol–water partition coefficient (Wildman–Crippen LogP) is 4.51. The van der Waals surface area contributed by atoms with E-state index >= 15 is 0 Å². The van der Waals surface area contributed by atoms with Crippen LogP contribution in [0.25, 0.3) is 21.1 Å². The lowest BCUT2D eigenvalue weighted by molar-refractivity contribution is -0.147. The van der Waals surface area contributed by atoms with E-state index in [1.165, 1.54) is 11.3 Å². The first-order valence-electron chi connectivity index (χ1n) is 9.83. The van der Waals surface area contributed by atoms with E-state index < -0.39 is 11.9 Å². The highest BCUT2D eigenvalue weighted by atomic mass is 32.1. The summed E-state index contributed by atoms with van der Waals surface area (Å²) < 4.78 is 8.04. The van der Waals surface area contributed by atoms with Gasteiger partial charge in [0.15, 0.2) is 4.80 Å². The molecule has 2 aromatic heterocycles. The quantitative estimate of drug-likeness (QED) is 0.446. The summed E-state index contributed by atoms with van der Waals surface area (Å²) in [6.45, 7) is 4.00. The molecule has 0 spiro atoms. The van der Waals surface area contributed by atoms with Crippen LogP contribution in [0.5, 0.6) is 0 Å². The van der Waals surface area contributed by atoms with E-state index in [4.69, 9.17) is 4.74 Å². The number of esters is 1. The molecule has 1 atom stereocenters. The molecule has 30 heavy (non-hydrogen) atoms. The topological polar surface area (TPSA) is 73.6 Å². The Kier molecular flexibility index (Phi) is 5.72. The monoisotopic (exact) mass is 419 g/mol. The molecule has 0 saturated heterocycles. The number of hydrogen-bond acceptors (Lipinski definition) is 5. The number of para-hydroxylation sites is 2. The van der Waals surface area contributed by atoms with Gasteiger partial charge in [-0.1, -0.05) is 48.6 Å². The number of carbonyl (C=O) groups is 2. The standard InChI is InChI=1S/C23H21N3O3S/c1-3-17(22(28)29-4-2)26-18-12-5-6-13-19(18)30-23(26)25-21(27)16-11-7-9-15-10-8-14-24-20(15)16/h5-14,17H,3-4H2,1-2H3. The van der Waals surface area contributed by atoms with Gasteiger partial charge < -0.3 is 9.30 Å². The van der Waals surface area contributed by atoms with Crippen LogP contribution in [0, 0.1) is 0 Å². The lowest BCUT2D eigenvalue weighted by Crippen LogP contribution is -2.29. The molecule has 4 rings (SSSR count). The van der Waals surface area contributed by atoms with Crippen molar-refractivity contribution in [1.29, 1.82) is 0 Å². The lowest BCUT2D eigenvalue weighted by Gasteiger charge is -2.16. The minimum absolute atomic E-state index is 0.297. The molecular weight excluding hydrogens is 398 g/mol. The fourth-order valence-corrected chi connectivity index (χ4v) is 4.55. The normalized spacial score (nSPS) is 12.9. The summed E-state index contributed by atoms with van der Waals surface area (Å²) in [7, 11) is 0. The molecule has 7 heteroatoms. The van der Waals surface area contributed by atoms with Crippen LogP contribution < -0.4 is 4.80 Å². The first-order valence-corrected chi connectivity index (χ1v) is 10.6. The number of pyridine rings is 1. The summed E-state index contributed by atoms with van der Waals surface area (Å²) in [5.41, 5.74) is 1.89. The van der Waals surface area contributed by atoms with Gasteiger partial charge >= 0.3 is 5.97 Å². The van der Waals surface area contributed by atoms with Gasteiger partial charge in [0.05, 0.1) is 27.9 Å². The molecule has 4 aromatic rings. The third kappa shape index (κ3) is 3.64. The Morgan fingerprint density at radius 3 is 2.70 bits per heavy atom. The van der Waals surface area contributed by atoms with E-state index in [0.717, 1.165) is 15.6 Å². The van der Waals surface area contributed by atoms with Gasteiger partial charge in [0.1, 0.15) is 6.04 Å². The Bertz CT molecular complexity index is 1300. The molecule has 2 aromatic carbocycles. The summed E-state index contributed by atoms with van der Waals surface area (Å²) in [6.07, 6.45) is 2.18. The molecule has 0 aliphatic rings. The van der Waals surface area contributed by atoms with Gasteiger partial charge in [0.25, 0.3) is 5.91 Å². The number of benzene rings is 2. The van der Waals surface area contributed by atoms with E-state index in [2.05, 4.69) is 9.98 Å². The van der Waals surface area contributed by atoms with Gasteiger partial charge in [-0.3, -0.25) is 9.78 Å². The second-order valence-corrected chi connectivity index (χ2v) is 7.71. The van der Waals surface area contributed by atoms with Crippen LogP contribution in [0.1, 0.15) is 36.7 Å². The SMILES string of the molecule is CCOC(=O)C(CC)n1c(=NC(=O)c2cccc3cccnc23)sc2ccccc21. The van der Waals surface area contributed by atoms with Crippen molar-refractivity contribution < 1.29 is 14.3 Å². The molecule has 0 aliphatic carbocycles. The third-order valence-electron chi connectivity index (χ3n) is 4.85. The fraction of sp³-hybridized carbons (Fsp3) is 0.217. The van der Waals surface area contributed by atoms with Crippen LogP contribution in [0.4, 0.5) is 0 Å². The molecule has 2 heterocycles. The van der Waals surface area contributed by atoms with Gasteiger partial charge in [0.2, 0.25) is 0 Å². The molecule has 0 fully saturated rings. The lowest BCUT2D eigenvalue weighted by atomic mass is 10.1. The molecular formula is C23H21N3O3S. The maximum atomic E-state index is 13.1. The Labute approximate surface area is 177 Å². The van der Waals surface area contributed by atoms with Crippen molar-refractivity contribution in [2.45, 2.75) is 26.3 Å². The number of nitrogens with zero attached hydrogens (tertiary/aromatic N) is 3. The second-order valence-electron chi connectivity index (χ2n) is 6.70. The number of aromatic nitrogens is 2. The van der Waals surface area contributed by atoms with Crippen molar-refractivity contribution >= 4 is 44.3 Å². The molecule has 1 unspecified atom stereocenters. The number of hydrogen-bond donors (Lipinski definition) is 0. The van der Waals surface area contributed by atoms with Crippen LogP contribution in [0.3, 0.4) is 0 Å². The fourth-order valence-electron chi connectivity index (χ4n) is 3.49. The van der Waals surface area contributed by atoms with Crippen LogP contribution in [0.15, 0.2) is 65.8 Å². The molecule has 152 valence electrons. The zero-order valence-corrected chi connectivity index (χ0v) is 17.6. The van der Waals surface area contributed by atoms with Crippen molar-refractivity contribution in [1.82, 2.24) is 9.55 Å². The summed E-state index contributed by atoms with van der Waals surface area (Å²) >= 11 is 1.38. The third-order valence-corrected chi connectivity index (χ3v) is 5.89. The summed E-state index contributed by atoms with van der Waals surface area (Å²) in [5, 5.41) is 0.876. The molecule has 6 nitrogen and oxygen atoms in total. The van der Waals surface area contributed by atoms with Gasteiger partial charge in [-0.15, -0.1) is 0 Å². The maximum Gasteiger partial charge on any atom is 0.329 e. The van der Waals surface area contributed by atoms with Gasteiger partial charge in [-0.2, -0.15) is 4.99 Å². The number of fused-ring (bicyclic) bond motifs is 2. The minimum Gasteiger partial charge on any atom is -0.464 e. The number of carbonyl (C=O) groups excluding carboxylic acids is 2. The van der Waals surface area contributed by atoms with Crippen LogP contribution in [-0.2, 0) is 9.53 Å². The molecule has 0 saturated carbocycles. The average Bonchev–Trinajstić information content (AvgIpc) is 3.12. The molecule has 1 amide bonds. The van der Waals surface area contributed by atoms with E-state index in [0.29, 0.717) is 28.9 Å². The number of thiazole rings is 1. The van der Waals surface area contributed by atoms with Crippen LogP contribution >= 0.6 is 11.3 Å². The van der Waals surface area contributed by atoms with Crippen LogP contribution in [0.2, 0.25) is 0 Å².